The first-order chi connectivity index (χ1) is 12.2. The van der Waals surface area contributed by atoms with Crippen LogP contribution >= 0.6 is 24.0 Å². The molecule has 0 spiro atoms. The summed E-state index contributed by atoms with van der Waals surface area (Å²) in [7, 11) is 4.91. The fraction of sp³-hybridized carbons (Fsp3) is 0.611. The largest absolute Gasteiger partial charge is 0.496 e. The summed E-state index contributed by atoms with van der Waals surface area (Å²) in [6.45, 7) is 7.45. The molecule has 0 aliphatic heterocycles. The molecule has 1 rings (SSSR count). The second kappa shape index (κ2) is 14.7. The third kappa shape index (κ3) is 8.31. The molecule has 8 heteroatoms. The lowest BCUT2D eigenvalue weighted by atomic mass is 10.1. The maximum absolute atomic E-state index is 5.48. The molecule has 0 aromatic heterocycles. The van der Waals surface area contributed by atoms with E-state index in [0.29, 0.717) is 32.1 Å². The van der Waals surface area contributed by atoms with Crippen LogP contribution in [0.2, 0.25) is 0 Å². The van der Waals surface area contributed by atoms with Crippen molar-refractivity contribution in [3.05, 3.63) is 17.7 Å². The number of hydrogen-bond acceptors (Lipinski definition) is 5. The van der Waals surface area contributed by atoms with Gasteiger partial charge in [0.1, 0.15) is 17.2 Å². The highest BCUT2D eigenvalue weighted by Gasteiger charge is 2.13. The van der Waals surface area contributed by atoms with Gasteiger partial charge in [0.2, 0.25) is 0 Å². The standard InChI is InChI=1S/C18H31N3O4.HI/c1-6-19-18(21-10-11-25-7-2)20-9-8-15-16(23-4)12-14(22-3)13-17(15)24-5;/h12-13H,6-11H2,1-5H3,(H2,19,20,21);1H. The van der Waals surface area contributed by atoms with Gasteiger partial charge in [0.15, 0.2) is 5.96 Å². The molecule has 0 saturated heterocycles. The first kappa shape index (κ1) is 24.6. The van der Waals surface area contributed by atoms with E-state index in [4.69, 9.17) is 18.9 Å². The van der Waals surface area contributed by atoms with Gasteiger partial charge in [-0.05, 0) is 20.3 Å². The molecule has 0 amide bonds. The van der Waals surface area contributed by atoms with Gasteiger partial charge in [0.25, 0.3) is 0 Å². The van der Waals surface area contributed by atoms with E-state index < -0.39 is 0 Å². The van der Waals surface area contributed by atoms with E-state index in [9.17, 15) is 0 Å². The van der Waals surface area contributed by atoms with Crippen molar-refractivity contribution in [2.45, 2.75) is 20.3 Å². The third-order valence-corrected chi connectivity index (χ3v) is 3.54. The number of nitrogens with one attached hydrogen (secondary N) is 2. The number of nitrogens with zero attached hydrogens (tertiary/aromatic N) is 1. The van der Waals surface area contributed by atoms with Crippen LogP contribution in [0.15, 0.2) is 17.1 Å². The molecule has 2 N–H and O–H groups in total. The highest BCUT2D eigenvalue weighted by Crippen LogP contribution is 2.34. The number of rotatable bonds is 11. The summed E-state index contributed by atoms with van der Waals surface area (Å²) >= 11 is 0. The van der Waals surface area contributed by atoms with E-state index in [1.165, 1.54) is 0 Å². The lowest BCUT2D eigenvalue weighted by molar-refractivity contribution is 0.155. The van der Waals surface area contributed by atoms with Crippen LogP contribution < -0.4 is 24.8 Å². The van der Waals surface area contributed by atoms with E-state index in [-0.39, 0.29) is 24.0 Å². The number of ether oxygens (including phenoxy) is 4. The number of methoxy groups -OCH3 is 3. The fourth-order valence-electron chi connectivity index (χ4n) is 2.34. The average molecular weight is 481 g/mol. The molecule has 0 fully saturated rings. The molecule has 150 valence electrons. The molecule has 26 heavy (non-hydrogen) atoms. The maximum Gasteiger partial charge on any atom is 0.191 e. The Hall–Kier alpha value is -1.42. The van der Waals surface area contributed by atoms with Gasteiger partial charge in [-0.15, -0.1) is 24.0 Å². The van der Waals surface area contributed by atoms with Crippen molar-refractivity contribution in [2.24, 2.45) is 4.99 Å². The van der Waals surface area contributed by atoms with Crippen LogP contribution in [0, 0.1) is 0 Å². The number of halogens is 1. The molecule has 0 bridgehead atoms. The Morgan fingerprint density at radius 1 is 1.00 bits per heavy atom. The van der Waals surface area contributed by atoms with Gasteiger partial charge in [-0.1, -0.05) is 0 Å². The van der Waals surface area contributed by atoms with E-state index in [1.54, 1.807) is 21.3 Å². The van der Waals surface area contributed by atoms with Gasteiger partial charge >= 0.3 is 0 Å². The Balaban J connectivity index is 0.00000625. The van der Waals surface area contributed by atoms with Gasteiger partial charge in [-0.2, -0.15) is 0 Å². The number of aliphatic imine (C=N–C) groups is 1. The first-order valence-electron chi connectivity index (χ1n) is 8.58. The van der Waals surface area contributed by atoms with E-state index in [1.807, 2.05) is 26.0 Å². The molecule has 0 unspecified atom stereocenters. The maximum atomic E-state index is 5.48. The van der Waals surface area contributed by atoms with Crippen molar-refractivity contribution >= 4 is 29.9 Å². The minimum atomic E-state index is 0. The normalized spacial score (nSPS) is 10.7. The van der Waals surface area contributed by atoms with Crippen LogP contribution in [0.3, 0.4) is 0 Å². The average Bonchev–Trinajstić information content (AvgIpc) is 2.64. The lowest BCUT2D eigenvalue weighted by Gasteiger charge is -2.16. The molecular weight excluding hydrogens is 449 g/mol. The number of benzene rings is 1. The van der Waals surface area contributed by atoms with Crippen molar-refractivity contribution in [1.82, 2.24) is 10.6 Å². The van der Waals surface area contributed by atoms with Crippen LogP contribution in [-0.4, -0.2) is 60.1 Å². The molecule has 1 aromatic rings. The van der Waals surface area contributed by atoms with Crippen LogP contribution in [0.4, 0.5) is 0 Å². The molecule has 0 aliphatic rings. The van der Waals surface area contributed by atoms with Crippen LogP contribution in [0.25, 0.3) is 0 Å². The van der Waals surface area contributed by atoms with Gasteiger partial charge in [0, 0.05) is 37.4 Å². The summed E-state index contributed by atoms with van der Waals surface area (Å²) < 4.78 is 21.5. The Labute approximate surface area is 173 Å². The van der Waals surface area contributed by atoms with E-state index in [2.05, 4.69) is 15.6 Å². The first-order valence-corrected chi connectivity index (χ1v) is 8.58. The van der Waals surface area contributed by atoms with Crippen molar-refractivity contribution in [2.75, 3.05) is 54.2 Å². The van der Waals surface area contributed by atoms with Crippen LogP contribution in [-0.2, 0) is 11.2 Å². The molecule has 0 aliphatic carbocycles. The van der Waals surface area contributed by atoms with Crippen LogP contribution in [0.5, 0.6) is 17.2 Å². The molecule has 1 aromatic carbocycles. The summed E-state index contributed by atoms with van der Waals surface area (Å²) in [5.41, 5.74) is 0.989. The quantitative estimate of drug-likeness (QED) is 0.219. The highest BCUT2D eigenvalue weighted by molar-refractivity contribution is 14.0. The monoisotopic (exact) mass is 481 g/mol. The van der Waals surface area contributed by atoms with Crippen molar-refractivity contribution in [3.8, 4) is 17.2 Å². The van der Waals surface area contributed by atoms with Crippen LogP contribution in [0.1, 0.15) is 19.4 Å². The van der Waals surface area contributed by atoms with Gasteiger partial charge in [-0.3, -0.25) is 4.99 Å². The number of guanidine groups is 1. The second-order valence-electron chi connectivity index (χ2n) is 5.14. The Bertz CT molecular complexity index is 516. The Kier molecular flexibility index (Phi) is 13.9. The minimum absolute atomic E-state index is 0. The third-order valence-electron chi connectivity index (χ3n) is 3.54. The van der Waals surface area contributed by atoms with Crippen molar-refractivity contribution in [3.63, 3.8) is 0 Å². The van der Waals surface area contributed by atoms with E-state index in [0.717, 1.165) is 36.0 Å². The summed E-state index contributed by atoms with van der Waals surface area (Å²) in [4.78, 5) is 4.48. The molecule has 7 nitrogen and oxygen atoms in total. The predicted octanol–water partition coefficient (Wildman–Crippen LogP) is 2.46. The van der Waals surface area contributed by atoms with Gasteiger partial charge in [-0.25, -0.2) is 0 Å². The second-order valence-corrected chi connectivity index (χ2v) is 5.14. The Morgan fingerprint density at radius 2 is 1.65 bits per heavy atom. The number of hydrogen-bond donors (Lipinski definition) is 2. The summed E-state index contributed by atoms with van der Waals surface area (Å²) in [6, 6.07) is 3.72. The fourth-order valence-corrected chi connectivity index (χ4v) is 2.34. The van der Waals surface area contributed by atoms with E-state index >= 15 is 0 Å². The van der Waals surface area contributed by atoms with Gasteiger partial charge in [0.05, 0.1) is 34.5 Å². The molecule has 0 heterocycles. The molecule has 0 atom stereocenters. The zero-order chi connectivity index (χ0) is 18.5. The molecular formula is C18H32IN3O4. The van der Waals surface area contributed by atoms with Crippen molar-refractivity contribution in [1.29, 1.82) is 0 Å². The zero-order valence-electron chi connectivity index (χ0n) is 16.4. The van der Waals surface area contributed by atoms with Crippen molar-refractivity contribution < 1.29 is 18.9 Å². The smallest absolute Gasteiger partial charge is 0.191 e. The summed E-state index contributed by atoms with van der Waals surface area (Å²) in [5.74, 6) is 2.97. The summed E-state index contributed by atoms with van der Waals surface area (Å²) in [5, 5.41) is 6.54. The highest BCUT2D eigenvalue weighted by atomic mass is 127. The SMILES string of the molecule is CCNC(=NCCOCC)NCCc1c(OC)cc(OC)cc1OC.I. The predicted molar refractivity (Wildman–Crippen MR) is 116 cm³/mol. The molecule has 0 saturated carbocycles. The minimum Gasteiger partial charge on any atom is -0.496 e. The Morgan fingerprint density at radius 3 is 2.15 bits per heavy atom. The topological polar surface area (TPSA) is 73.3 Å². The van der Waals surface area contributed by atoms with Gasteiger partial charge < -0.3 is 29.6 Å². The summed E-state index contributed by atoms with van der Waals surface area (Å²) in [6.07, 6.45) is 0.728. The zero-order valence-corrected chi connectivity index (χ0v) is 18.7. The lowest BCUT2D eigenvalue weighted by Crippen LogP contribution is -2.38. The molecule has 0 radical (unpaired) electrons.